The molecule has 0 aliphatic rings. The zero-order valence-electron chi connectivity index (χ0n) is 11.7. The fraction of sp³-hybridized carbons (Fsp3) is 0.462. The second-order valence-corrected chi connectivity index (χ2v) is 4.74. The van der Waals surface area contributed by atoms with E-state index in [4.69, 9.17) is 16.3 Å². The van der Waals surface area contributed by atoms with Crippen molar-refractivity contribution in [2.45, 2.75) is 13.0 Å². The van der Waals surface area contributed by atoms with Gasteiger partial charge in [-0.15, -0.1) is 0 Å². The molecule has 0 aliphatic carbocycles. The molecule has 0 aromatic heterocycles. The summed E-state index contributed by atoms with van der Waals surface area (Å²) in [5.41, 5.74) is 0.503. The number of nitrogens with one attached hydrogen (secondary N) is 2. The molecule has 0 aliphatic heterocycles. The van der Waals surface area contributed by atoms with Gasteiger partial charge in [0.15, 0.2) is 0 Å². The Morgan fingerprint density at radius 1 is 1.43 bits per heavy atom. The molecule has 0 atom stereocenters. The van der Waals surface area contributed by atoms with E-state index >= 15 is 0 Å². The van der Waals surface area contributed by atoms with Crippen LogP contribution in [0.1, 0.15) is 12.0 Å². The minimum atomic E-state index is -0.472. The molecule has 1 aromatic carbocycles. The topological polar surface area (TPSA) is 93.5 Å². The van der Waals surface area contributed by atoms with Crippen LogP contribution in [0.3, 0.4) is 0 Å². The Labute approximate surface area is 127 Å². The Balaban J connectivity index is 2.36. The maximum Gasteiger partial charge on any atom is 0.275 e. The summed E-state index contributed by atoms with van der Waals surface area (Å²) >= 11 is 5.74. The van der Waals surface area contributed by atoms with Gasteiger partial charge in [-0.1, -0.05) is 11.6 Å². The first-order valence-corrected chi connectivity index (χ1v) is 6.81. The van der Waals surface area contributed by atoms with Gasteiger partial charge in [0.1, 0.15) is 0 Å². The molecule has 0 unspecified atom stereocenters. The number of rotatable bonds is 9. The van der Waals surface area contributed by atoms with E-state index in [0.717, 1.165) is 0 Å². The number of halogens is 1. The van der Waals surface area contributed by atoms with Crippen LogP contribution >= 0.6 is 11.6 Å². The van der Waals surface area contributed by atoms with Crippen molar-refractivity contribution in [1.29, 1.82) is 0 Å². The number of hydrogen-bond acceptors (Lipinski definition) is 5. The lowest BCUT2D eigenvalue weighted by Crippen LogP contribution is -2.30. The lowest BCUT2D eigenvalue weighted by molar-refractivity contribution is -0.385. The minimum absolute atomic E-state index is 0.0282. The molecule has 1 amide bonds. The highest BCUT2D eigenvalue weighted by Gasteiger charge is 2.13. The third-order valence-corrected chi connectivity index (χ3v) is 2.95. The number of benzene rings is 1. The monoisotopic (exact) mass is 315 g/mol. The normalized spacial score (nSPS) is 10.4. The van der Waals surface area contributed by atoms with E-state index in [2.05, 4.69) is 10.6 Å². The molecule has 7 nitrogen and oxygen atoms in total. The Kier molecular flexibility index (Phi) is 7.66. The number of ether oxygens (including phenoxy) is 1. The zero-order chi connectivity index (χ0) is 15.7. The molecule has 2 N–H and O–H groups in total. The van der Waals surface area contributed by atoms with Crippen LogP contribution in [0.2, 0.25) is 5.02 Å². The van der Waals surface area contributed by atoms with E-state index in [9.17, 15) is 14.9 Å². The summed E-state index contributed by atoms with van der Waals surface area (Å²) in [7, 11) is 1.56. The van der Waals surface area contributed by atoms with Gasteiger partial charge in [0.25, 0.3) is 5.69 Å². The van der Waals surface area contributed by atoms with Crippen molar-refractivity contribution in [3.05, 3.63) is 38.9 Å². The molecule has 0 radical (unpaired) electrons. The largest absolute Gasteiger partial charge is 0.383 e. The summed E-state index contributed by atoms with van der Waals surface area (Å²) in [5, 5.41) is 16.9. The van der Waals surface area contributed by atoms with Crippen LogP contribution in [0.25, 0.3) is 0 Å². The second-order valence-electron chi connectivity index (χ2n) is 4.30. The zero-order valence-corrected chi connectivity index (χ0v) is 12.5. The molecule has 21 heavy (non-hydrogen) atoms. The maximum absolute atomic E-state index is 11.4. The standard InChI is InChI=1S/C13H18ClN3O4/c1-21-7-6-16-13(18)4-5-15-9-10-2-3-11(14)8-12(10)17(19)20/h2-3,8,15H,4-7,9H2,1H3,(H,16,18). The number of nitro benzene ring substituents is 1. The van der Waals surface area contributed by atoms with Gasteiger partial charge in [0.2, 0.25) is 5.91 Å². The molecule has 0 heterocycles. The van der Waals surface area contributed by atoms with Crippen molar-refractivity contribution in [2.24, 2.45) is 0 Å². The summed E-state index contributed by atoms with van der Waals surface area (Å²) in [6.07, 6.45) is 0.297. The van der Waals surface area contributed by atoms with Crippen LogP contribution in [-0.2, 0) is 16.1 Å². The van der Waals surface area contributed by atoms with Crippen molar-refractivity contribution in [2.75, 3.05) is 26.8 Å². The lowest BCUT2D eigenvalue weighted by atomic mass is 10.2. The molecule has 0 fully saturated rings. The highest BCUT2D eigenvalue weighted by Crippen LogP contribution is 2.22. The molecule has 0 saturated heterocycles. The summed E-state index contributed by atoms with van der Waals surface area (Å²) in [6.45, 7) is 1.67. The predicted molar refractivity (Wildman–Crippen MR) is 79.3 cm³/mol. The van der Waals surface area contributed by atoms with Gasteiger partial charge in [-0.2, -0.15) is 0 Å². The average molecular weight is 316 g/mol. The number of carbonyl (C=O) groups excluding carboxylic acids is 1. The number of amides is 1. The summed E-state index contributed by atoms with van der Waals surface area (Å²) in [4.78, 5) is 21.8. The number of nitro groups is 1. The molecular weight excluding hydrogens is 298 g/mol. The molecular formula is C13H18ClN3O4. The quantitative estimate of drug-likeness (QED) is 0.409. The Bertz CT molecular complexity index is 496. The second kappa shape index (κ2) is 9.28. The highest BCUT2D eigenvalue weighted by atomic mass is 35.5. The van der Waals surface area contributed by atoms with Crippen LogP contribution in [0, 0.1) is 10.1 Å². The molecule has 116 valence electrons. The summed E-state index contributed by atoms with van der Waals surface area (Å²) in [6, 6.07) is 4.52. The Morgan fingerprint density at radius 2 is 2.19 bits per heavy atom. The fourth-order valence-electron chi connectivity index (χ4n) is 1.66. The van der Waals surface area contributed by atoms with Crippen molar-refractivity contribution in [3.63, 3.8) is 0 Å². The van der Waals surface area contributed by atoms with Crippen molar-refractivity contribution in [3.8, 4) is 0 Å². The number of methoxy groups -OCH3 is 1. The smallest absolute Gasteiger partial charge is 0.275 e. The van der Waals surface area contributed by atoms with Gasteiger partial charge < -0.3 is 15.4 Å². The lowest BCUT2D eigenvalue weighted by Gasteiger charge is -2.07. The van der Waals surface area contributed by atoms with E-state index in [1.807, 2.05) is 0 Å². The van der Waals surface area contributed by atoms with Crippen LogP contribution in [-0.4, -0.2) is 37.6 Å². The Morgan fingerprint density at radius 3 is 2.86 bits per heavy atom. The van der Waals surface area contributed by atoms with E-state index in [1.165, 1.54) is 6.07 Å². The highest BCUT2D eigenvalue weighted by molar-refractivity contribution is 6.30. The molecule has 1 rings (SSSR count). The first-order valence-electron chi connectivity index (χ1n) is 6.43. The van der Waals surface area contributed by atoms with Crippen molar-refractivity contribution in [1.82, 2.24) is 10.6 Å². The van der Waals surface area contributed by atoms with Crippen LogP contribution < -0.4 is 10.6 Å². The molecule has 1 aromatic rings. The van der Waals surface area contributed by atoms with Crippen LogP contribution in [0.4, 0.5) is 5.69 Å². The Hall–Kier alpha value is -1.70. The summed E-state index contributed by atoms with van der Waals surface area (Å²) < 4.78 is 4.82. The van der Waals surface area contributed by atoms with Crippen molar-refractivity contribution >= 4 is 23.2 Å². The van der Waals surface area contributed by atoms with Crippen molar-refractivity contribution < 1.29 is 14.5 Å². The van der Waals surface area contributed by atoms with Crippen LogP contribution in [0.5, 0.6) is 0 Å². The molecule has 8 heteroatoms. The average Bonchev–Trinajstić information content (AvgIpc) is 2.45. The minimum Gasteiger partial charge on any atom is -0.383 e. The number of hydrogen-bond donors (Lipinski definition) is 2. The van der Waals surface area contributed by atoms with E-state index in [-0.39, 0.29) is 11.6 Å². The number of nitrogens with zero attached hydrogens (tertiary/aromatic N) is 1. The van der Waals surface area contributed by atoms with Gasteiger partial charge in [-0.25, -0.2) is 0 Å². The SMILES string of the molecule is COCCNC(=O)CCNCc1ccc(Cl)cc1[N+](=O)[O-]. The third kappa shape index (κ3) is 6.52. The van der Waals surface area contributed by atoms with E-state index in [0.29, 0.717) is 43.2 Å². The van der Waals surface area contributed by atoms with Gasteiger partial charge in [-0.05, 0) is 12.1 Å². The first kappa shape index (κ1) is 17.4. The molecule has 0 spiro atoms. The summed E-state index contributed by atoms with van der Waals surface area (Å²) in [5.74, 6) is -0.0924. The molecule has 0 bridgehead atoms. The first-order chi connectivity index (χ1) is 10.0. The van der Waals surface area contributed by atoms with E-state index in [1.54, 1.807) is 19.2 Å². The third-order valence-electron chi connectivity index (χ3n) is 2.72. The van der Waals surface area contributed by atoms with Gasteiger partial charge >= 0.3 is 0 Å². The van der Waals surface area contributed by atoms with Gasteiger partial charge in [-0.3, -0.25) is 14.9 Å². The van der Waals surface area contributed by atoms with Gasteiger partial charge in [0.05, 0.1) is 11.5 Å². The predicted octanol–water partition coefficient (Wildman–Crippen LogP) is 1.49. The number of carbonyl (C=O) groups is 1. The maximum atomic E-state index is 11.4. The van der Waals surface area contributed by atoms with Crippen LogP contribution in [0.15, 0.2) is 18.2 Å². The van der Waals surface area contributed by atoms with E-state index < -0.39 is 4.92 Å². The van der Waals surface area contributed by atoms with Gasteiger partial charge in [0, 0.05) is 49.8 Å². The fourth-order valence-corrected chi connectivity index (χ4v) is 1.83. The molecule has 0 saturated carbocycles.